The molecule has 0 bridgehead atoms. The molecule has 1 fully saturated rings. The number of nitrogens with zero attached hydrogens (tertiary/aromatic N) is 1. The fourth-order valence-electron chi connectivity index (χ4n) is 1.21. The van der Waals surface area contributed by atoms with Crippen molar-refractivity contribution in [2.75, 3.05) is 25.6 Å². The number of ether oxygens (including phenoxy) is 1. The molecular formula is C7H11ClN2O3. The second kappa shape index (κ2) is 4.43. The molecule has 1 unspecified atom stereocenters. The third kappa shape index (κ3) is 2.32. The first-order chi connectivity index (χ1) is 6.16. The van der Waals surface area contributed by atoms with Crippen LogP contribution in [0.4, 0.5) is 0 Å². The molecule has 2 amide bonds. The van der Waals surface area contributed by atoms with Gasteiger partial charge in [0.05, 0.1) is 13.2 Å². The number of nitrogens with two attached hydrogens (primary N) is 1. The Morgan fingerprint density at radius 1 is 1.62 bits per heavy atom. The van der Waals surface area contributed by atoms with Crippen molar-refractivity contribution in [1.82, 2.24) is 4.90 Å². The molecule has 0 radical (unpaired) electrons. The Kier molecular flexibility index (Phi) is 3.50. The van der Waals surface area contributed by atoms with Crippen molar-refractivity contribution in [2.24, 2.45) is 5.73 Å². The summed E-state index contributed by atoms with van der Waals surface area (Å²) in [6.07, 6.45) is 0. The van der Waals surface area contributed by atoms with E-state index in [4.69, 9.17) is 22.1 Å². The SMILES string of the molecule is NC(=O)C1COCCN1C(=O)CCl. The van der Waals surface area contributed by atoms with Gasteiger partial charge in [0.2, 0.25) is 11.8 Å². The number of alkyl halides is 1. The smallest absolute Gasteiger partial charge is 0.242 e. The molecule has 1 heterocycles. The van der Waals surface area contributed by atoms with Crippen molar-refractivity contribution in [3.8, 4) is 0 Å². The number of hydrogen-bond donors (Lipinski definition) is 1. The van der Waals surface area contributed by atoms with E-state index in [1.807, 2.05) is 0 Å². The lowest BCUT2D eigenvalue weighted by molar-refractivity contribution is -0.145. The second-order valence-corrected chi connectivity index (χ2v) is 2.98. The van der Waals surface area contributed by atoms with Gasteiger partial charge < -0.3 is 15.4 Å². The number of carbonyl (C=O) groups is 2. The van der Waals surface area contributed by atoms with Gasteiger partial charge in [0.1, 0.15) is 11.9 Å². The van der Waals surface area contributed by atoms with Crippen LogP contribution in [-0.2, 0) is 14.3 Å². The van der Waals surface area contributed by atoms with Gasteiger partial charge in [0.15, 0.2) is 0 Å². The fourth-order valence-corrected chi connectivity index (χ4v) is 1.37. The predicted molar refractivity (Wildman–Crippen MR) is 46.2 cm³/mol. The summed E-state index contributed by atoms with van der Waals surface area (Å²) < 4.78 is 5.03. The fraction of sp³-hybridized carbons (Fsp3) is 0.714. The van der Waals surface area contributed by atoms with E-state index in [1.54, 1.807) is 0 Å². The van der Waals surface area contributed by atoms with E-state index in [9.17, 15) is 9.59 Å². The van der Waals surface area contributed by atoms with Gasteiger partial charge in [0, 0.05) is 6.54 Å². The van der Waals surface area contributed by atoms with Gasteiger partial charge in [-0.2, -0.15) is 0 Å². The molecule has 2 N–H and O–H groups in total. The molecule has 74 valence electrons. The highest BCUT2D eigenvalue weighted by molar-refractivity contribution is 6.27. The van der Waals surface area contributed by atoms with Crippen LogP contribution in [0.15, 0.2) is 0 Å². The highest BCUT2D eigenvalue weighted by Crippen LogP contribution is 2.07. The molecule has 1 saturated heterocycles. The number of amides is 2. The van der Waals surface area contributed by atoms with Crippen LogP contribution in [-0.4, -0.2) is 48.4 Å². The topological polar surface area (TPSA) is 72.6 Å². The number of rotatable bonds is 2. The number of morpholine rings is 1. The molecule has 1 rings (SSSR count). The summed E-state index contributed by atoms with van der Waals surface area (Å²) in [5.74, 6) is -0.976. The van der Waals surface area contributed by atoms with Gasteiger partial charge in [-0.25, -0.2) is 0 Å². The standard InChI is InChI=1S/C7H11ClN2O3/c8-3-6(11)10-1-2-13-4-5(10)7(9)12/h5H,1-4H2,(H2,9,12). The van der Waals surface area contributed by atoms with Crippen molar-refractivity contribution < 1.29 is 14.3 Å². The van der Waals surface area contributed by atoms with Crippen LogP contribution in [0.3, 0.4) is 0 Å². The molecule has 0 aliphatic carbocycles. The minimum absolute atomic E-state index is 0.135. The van der Waals surface area contributed by atoms with Crippen LogP contribution >= 0.6 is 11.6 Å². The first-order valence-electron chi connectivity index (χ1n) is 3.89. The Balaban J connectivity index is 2.67. The summed E-state index contributed by atoms with van der Waals surface area (Å²) in [7, 11) is 0. The molecule has 1 aliphatic rings. The summed E-state index contributed by atoms with van der Waals surface area (Å²) in [4.78, 5) is 23.5. The molecular weight excluding hydrogens is 196 g/mol. The van der Waals surface area contributed by atoms with Gasteiger partial charge in [0.25, 0.3) is 0 Å². The Morgan fingerprint density at radius 3 is 2.85 bits per heavy atom. The zero-order valence-corrected chi connectivity index (χ0v) is 7.79. The monoisotopic (exact) mass is 206 g/mol. The minimum Gasteiger partial charge on any atom is -0.377 e. The zero-order valence-electron chi connectivity index (χ0n) is 7.03. The average molecular weight is 207 g/mol. The van der Waals surface area contributed by atoms with Crippen LogP contribution in [0.1, 0.15) is 0 Å². The Hall–Kier alpha value is -0.810. The molecule has 1 atom stereocenters. The lowest BCUT2D eigenvalue weighted by Gasteiger charge is -2.32. The lowest BCUT2D eigenvalue weighted by Crippen LogP contribution is -2.55. The average Bonchev–Trinajstić information content (AvgIpc) is 2.16. The van der Waals surface area contributed by atoms with Crippen molar-refractivity contribution in [3.05, 3.63) is 0 Å². The number of primary amides is 1. The molecule has 0 aromatic heterocycles. The zero-order chi connectivity index (χ0) is 9.84. The van der Waals surface area contributed by atoms with E-state index >= 15 is 0 Å². The molecule has 0 spiro atoms. The molecule has 13 heavy (non-hydrogen) atoms. The third-order valence-corrected chi connectivity index (χ3v) is 2.12. The van der Waals surface area contributed by atoms with Crippen molar-refractivity contribution in [1.29, 1.82) is 0 Å². The van der Waals surface area contributed by atoms with E-state index in [1.165, 1.54) is 4.90 Å². The first kappa shape index (κ1) is 10.3. The molecule has 0 saturated carbocycles. The van der Waals surface area contributed by atoms with Gasteiger partial charge in [-0.15, -0.1) is 11.6 Å². The van der Waals surface area contributed by atoms with E-state index in [-0.39, 0.29) is 18.4 Å². The van der Waals surface area contributed by atoms with Gasteiger partial charge in [-0.05, 0) is 0 Å². The second-order valence-electron chi connectivity index (χ2n) is 2.71. The van der Waals surface area contributed by atoms with Crippen molar-refractivity contribution in [2.45, 2.75) is 6.04 Å². The predicted octanol–water partition coefficient (Wildman–Crippen LogP) is -1.06. The largest absolute Gasteiger partial charge is 0.377 e. The van der Waals surface area contributed by atoms with E-state index in [2.05, 4.69) is 0 Å². The van der Waals surface area contributed by atoms with Crippen LogP contribution in [0, 0.1) is 0 Å². The maximum absolute atomic E-state index is 11.2. The summed E-state index contributed by atoms with van der Waals surface area (Å²) in [5.41, 5.74) is 5.09. The number of halogens is 1. The summed E-state index contributed by atoms with van der Waals surface area (Å²) in [6.45, 7) is 0.962. The molecule has 6 heteroatoms. The first-order valence-corrected chi connectivity index (χ1v) is 4.42. The Bertz CT molecular complexity index is 222. The molecule has 0 aromatic rings. The quantitative estimate of drug-likeness (QED) is 0.586. The summed E-state index contributed by atoms with van der Waals surface area (Å²) in [6, 6.07) is -0.667. The number of hydrogen-bond acceptors (Lipinski definition) is 3. The highest BCUT2D eigenvalue weighted by atomic mass is 35.5. The summed E-state index contributed by atoms with van der Waals surface area (Å²) in [5, 5.41) is 0. The van der Waals surface area contributed by atoms with Crippen LogP contribution in [0.25, 0.3) is 0 Å². The van der Waals surface area contributed by atoms with E-state index in [0.717, 1.165) is 0 Å². The minimum atomic E-state index is -0.667. The Labute approximate surface area is 80.8 Å². The van der Waals surface area contributed by atoms with Crippen LogP contribution in [0.5, 0.6) is 0 Å². The highest BCUT2D eigenvalue weighted by Gasteiger charge is 2.30. The lowest BCUT2D eigenvalue weighted by atomic mass is 10.2. The van der Waals surface area contributed by atoms with Crippen LogP contribution < -0.4 is 5.73 Å². The van der Waals surface area contributed by atoms with Gasteiger partial charge in [-0.1, -0.05) is 0 Å². The third-order valence-electron chi connectivity index (χ3n) is 1.89. The van der Waals surface area contributed by atoms with Crippen LogP contribution in [0.2, 0.25) is 0 Å². The Morgan fingerprint density at radius 2 is 2.31 bits per heavy atom. The van der Waals surface area contributed by atoms with Crippen molar-refractivity contribution in [3.63, 3.8) is 0 Å². The van der Waals surface area contributed by atoms with Gasteiger partial charge >= 0.3 is 0 Å². The maximum Gasteiger partial charge on any atom is 0.242 e. The number of carbonyl (C=O) groups excluding carboxylic acids is 2. The molecule has 1 aliphatic heterocycles. The van der Waals surface area contributed by atoms with E-state index in [0.29, 0.717) is 13.2 Å². The molecule has 5 nitrogen and oxygen atoms in total. The van der Waals surface area contributed by atoms with Gasteiger partial charge in [-0.3, -0.25) is 9.59 Å². The maximum atomic E-state index is 11.2. The van der Waals surface area contributed by atoms with Crippen molar-refractivity contribution >= 4 is 23.4 Å². The normalized spacial score (nSPS) is 22.8. The molecule has 0 aromatic carbocycles. The summed E-state index contributed by atoms with van der Waals surface area (Å²) >= 11 is 5.37. The van der Waals surface area contributed by atoms with E-state index < -0.39 is 11.9 Å².